The van der Waals surface area contributed by atoms with Gasteiger partial charge in [-0.25, -0.2) is 20.5 Å². The Bertz CT molecular complexity index is 2410. The van der Waals surface area contributed by atoms with Crippen LogP contribution in [0, 0.1) is 0 Å². The second-order valence-corrected chi connectivity index (χ2v) is 16.0. The number of hydrogen-bond acceptors (Lipinski definition) is 26. The molecule has 4 heterocycles. The van der Waals surface area contributed by atoms with Gasteiger partial charge in [-0.2, -0.15) is 46.7 Å². The van der Waals surface area contributed by atoms with E-state index in [1.54, 1.807) is 36.4 Å². The van der Waals surface area contributed by atoms with E-state index in [4.69, 9.17) is 10.5 Å². The summed E-state index contributed by atoms with van der Waals surface area (Å²) in [5, 5.41) is 29.3. The van der Waals surface area contributed by atoms with Crippen molar-refractivity contribution in [1.29, 1.82) is 0 Å². The molecule has 0 aliphatic carbocycles. The summed E-state index contributed by atoms with van der Waals surface area (Å²) in [5.74, 6) is -4.50. The number of benzene rings is 2. The van der Waals surface area contributed by atoms with Crippen molar-refractivity contribution in [2.24, 2.45) is 9.98 Å². The number of allylic oxidation sites excluding steroid dienone is 2. The molecule has 2 aliphatic heterocycles. The molecule has 2 aromatic heterocycles. The molecule has 2 aromatic carbocycles. The van der Waals surface area contributed by atoms with Crippen molar-refractivity contribution in [2.45, 2.75) is 0 Å². The van der Waals surface area contributed by atoms with E-state index in [-0.39, 0.29) is 94.2 Å². The van der Waals surface area contributed by atoms with Gasteiger partial charge in [0, 0.05) is 60.7 Å². The van der Waals surface area contributed by atoms with Crippen molar-refractivity contribution in [2.75, 3.05) is 56.5 Å². The monoisotopic (exact) mass is 908 g/mol. The maximum atomic E-state index is 14.6. The maximum absolute atomic E-state index is 14.6. The SMILES string of the molecule is O=C1/C(=C2/C(=O)c3ccccc3N2c2nc(/N=C/CSOOO)nc(NCCS(=O)(=O)O)n2)N(c2nc(/N=C/CSOOO)nc(NCCS(=O)(=O)O)n2)c2ccccc21. The Kier molecular flexibility index (Phi) is 14.4. The lowest BCUT2D eigenvalue weighted by molar-refractivity contribution is -0.432. The molecular weight excluding hydrogens is 881 g/mol. The topological polar surface area (TPSA) is 353 Å². The Hall–Kier alpha value is -5.64. The van der Waals surface area contributed by atoms with Crippen LogP contribution in [0.3, 0.4) is 0 Å². The van der Waals surface area contributed by atoms with Gasteiger partial charge in [-0.1, -0.05) is 34.3 Å². The van der Waals surface area contributed by atoms with E-state index in [9.17, 15) is 35.5 Å². The first-order chi connectivity index (χ1) is 28.8. The molecule has 0 bridgehead atoms. The van der Waals surface area contributed by atoms with E-state index in [1.807, 2.05) is 0 Å². The van der Waals surface area contributed by atoms with Crippen LogP contribution >= 0.6 is 24.1 Å². The number of carbonyl (C=O) groups excluding carboxylic acids is 2. The summed E-state index contributed by atoms with van der Waals surface area (Å²) < 4.78 is 73.2. The van der Waals surface area contributed by atoms with Crippen molar-refractivity contribution in [3.05, 3.63) is 71.1 Å². The lowest BCUT2D eigenvalue weighted by Crippen LogP contribution is -2.28. The van der Waals surface area contributed by atoms with Crippen LogP contribution in [0.5, 0.6) is 0 Å². The van der Waals surface area contributed by atoms with Gasteiger partial charge in [0.25, 0.3) is 32.1 Å². The molecule has 6 rings (SSSR count). The predicted molar refractivity (Wildman–Crippen MR) is 213 cm³/mol. The average molecular weight is 909 g/mol. The van der Waals surface area contributed by atoms with Crippen LogP contribution in [-0.2, 0) is 39.0 Å². The van der Waals surface area contributed by atoms with Gasteiger partial charge in [-0.05, 0) is 24.3 Å². The Balaban J connectivity index is 1.54. The molecule has 30 heteroatoms. The third kappa shape index (κ3) is 10.9. The second kappa shape index (κ2) is 19.6. The van der Waals surface area contributed by atoms with Crippen LogP contribution in [0.1, 0.15) is 20.7 Å². The largest absolute Gasteiger partial charge is 0.353 e. The summed E-state index contributed by atoms with van der Waals surface area (Å²) in [6.07, 6.45) is 2.53. The van der Waals surface area contributed by atoms with Gasteiger partial charge in [0.2, 0.25) is 35.4 Å². The van der Waals surface area contributed by atoms with Crippen LogP contribution in [0.2, 0.25) is 0 Å². The first-order valence-electron chi connectivity index (χ1n) is 16.5. The molecule has 4 aromatic rings. The quantitative estimate of drug-likeness (QED) is 0.0141. The number of nitrogens with one attached hydrogen (secondary N) is 2. The summed E-state index contributed by atoms with van der Waals surface area (Å²) in [7, 11) is -8.84. The third-order valence-corrected chi connectivity index (χ3v) is 9.97. The summed E-state index contributed by atoms with van der Waals surface area (Å²) in [5.41, 5.74) is -0.0168. The lowest BCUT2D eigenvalue weighted by Gasteiger charge is -2.24. The van der Waals surface area contributed by atoms with Gasteiger partial charge in [-0.15, -0.1) is 8.67 Å². The standard InChI is InChI=1S/C30H28N12O14S4/c43-23-17-5-1-3-7-19(17)41(29-37-25(31-9-13-57-55-53-45)35-27(39-29)33-11-15-59(47,48)49)21(23)22-24(44)18-6-2-4-8-20(18)42(22)30-38-26(32-10-14-58-56-54-46)36-28(40-30)34-12-16-60(50,51)52/h1-10,45-46H,11-16H2,(H,47,48,49)(H,50,51,52)(H,33,35,37,39)(H,34,36,38,40)/b22-21+,31-9+,32-10+. The van der Waals surface area contributed by atoms with Crippen molar-refractivity contribution >= 4 is 115 Å². The second-order valence-electron chi connectivity index (χ2n) is 11.5. The molecule has 6 N–H and O–H groups in total. The Morgan fingerprint density at radius 1 is 0.633 bits per heavy atom. The molecule has 316 valence electrons. The summed E-state index contributed by atoms with van der Waals surface area (Å²) in [4.78, 5) is 66.1. The molecule has 0 radical (unpaired) electrons. The van der Waals surface area contributed by atoms with E-state index >= 15 is 0 Å². The Morgan fingerprint density at radius 2 is 1.03 bits per heavy atom. The molecular formula is C30H28N12O14S4. The number of aromatic nitrogens is 6. The van der Waals surface area contributed by atoms with Gasteiger partial charge >= 0.3 is 0 Å². The fraction of sp³-hybridized carbons (Fsp3) is 0.200. The zero-order chi connectivity index (χ0) is 42.9. The number of rotatable bonds is 20. The fourth-order valence-corrected chi connectivity index (χ4v) is 6.61. The number of ketones is 2. The van der Waals surface area contributed by atoms with Crippen LogP contribution < -0.4 is 20.4 Å². The number of anilines is 6. The van der Waals surface area contributed by atoms with Gasteiger partial charge in [0.15, 0.2) is 0 Å². The van der Waals surface area contributed by atoms with Gasteiger partial charge in [-0.3, -0.25) is 28.5 Å². The number of Topliss-reactive ketones (excluding diaryl/α,β-unsaturated/α-hetero) is 2. The number of carbonyl (C=O) groups is 2. The smallest absolute Gasteiger partial charge is 0.266 e. The molecule has 0 saturated heterocycles. The highest BCUT2D eigenvalue weighted by atomic mass is 32.2. The Morgan fingerprint density at radius 3 is 1.42 bits per heavy atom. The zero-order valence-electron chi connectivity index (χ0n) is 30.0. The summed E-state index contributed by atoms with van der Waals surface area (Å²) >= 11 is 1.28. The van der Waals surface area contributed by atoms with E-state index in [0.717, 1.165) is 0 Å². The minimum atomic E-state index is -4.42. The molecule has 0 atom stereocenters. The van der Waals surface area contributed by atoms with Crippen LogP contribution in [-0.4, -0.2) is 126 Å². The normalized spacial score (nSPS) is 15.4. The first kappa shape index (κ1) is 43.9. The van der Waals surface area contributed by atoms with Crippen LogP contribution in [0.25, 0.3) is 0 Å². The highest BCUT2D eigenvalue weighted by molar-refractivity contribution is 7.95. The minimum absolute atomic E-state index is 0.00344. The van der Waals surface area contributed by atoms with E-state index < -0.39 is 43.3 Å². The highest BCUT2D eigenvalue weighted by Gasteiger charge is 2.46. The molecule has 0 saturated carbocycles. The van der Waals surface area contributed by atoms with Crippen LogP contribution in [0.4, 0.5) is 47.1 Å². The van der Waals surface area contributed by atoms with E-state index in [0.29, 0.717) is 24.1 Å². The van der Waals surface area contributed by atoms with Gasteiger partial charge in [0.1, 0.15) is 11.4 Å². The molecule has 0 spiro atoms. The molecule has 60 heavy (non-hydrogen) atoms. The lowest BCUT2D eigenvalue weighted by atomic mass is 10.1. The van der Waals surface area contributed by atoms with Crippen molar-refractivity contribution < 1.29 is 64.8 Å². The summed E-state index contributed by atoms with van der Waals surface area (Å²) in [6, 6.07) is 12.5. The van der Waals surface area contributed by atoms with Gasteiger partial charge in [0.05, 0.1) is 34.4 Å². The molecule has 0 fully saturated rings. The first-order valence-corrected chi connectivity index (χ1v) is 21.6. The number of fused-ring (bicyclic) bond motifs is 2. The van der Waals surface area contributed by atoms with Crippen molar-refractivity contribution in [3.63, 3.8) is 0 Å². The van der Waals surface area contributed by atoms with E-state index in [2.05, 4.69) is 69.3 Å². The molecule has 26 nitrogen and oxygen atoms in total. The Labute approximate surface area is 346 Å². The predicted octanol–water partition coefficient (Wildman–Crippen LogP) is 2.78. The number of hydrogen-bond donors (Lipinski definition) is 6. The van der Waals surface area contributed by atoms with Gasteiger partial charge < -0.3 is 10.6 Å². The molecule has 2 aliphatic rings. The third-order valence-electron chi connectivity index (χ3n) is 7.65. The maximum Gasteiger partial charge on any atom is 0.266 e. The highest BCUT2D eigenvalue weighted by Crippen LogP contribution is 2.47. The molecule has 0 unspecified atom stereocenters. The fourth-order valence-electron chi connectivity index (χ4n) is 5.42. The van der Waals surface area contributed by atoms with Crippen molar-refractivity contribution in [1.82, 2.24) is 29.9 Å². The summed E-state index contributed by atoms with van der Waals surface area (Å²) in [6.45, 7) is -0.751. The zero-order valence-corrected chi connectivity index (χ0v) is 33.3. The number of aliphatic imine (C=N–C) groups is 2. The van der Waals surface area contributed by atoms with Crippen LogP contribution in [0.15, 0.2) is 69.9 Å². The minimum Gasteiger partial charge on any atom is -0.353 e. The van der Waals surface area contributed by atoms with Crippen molar-refractivity contribution in [3.8, 4) is 0 Å². The van der Waals surface area contributed by atoms with E-state index in [1.165, 1.54) is 34.4 Å². The number of para-hydroxylation sites is 2. The number of nitrogens with zero attached hydrogens (tertiary/aromatic N) is 10. The average Bonchev–Trinajstić information content (AvgIpc) is 3.66. The molecule has 0 amide bonds.